The summed E-state index contributed by atoms with van der Waals surface area (Å²) in [6, 6.07) is 5.88. The second kappa shape index (κ2) is 7.75. The topological polar surface area (TPSA) is 99.8 Å². The van der Waals surface area contributed by atoms with Crippen LogP contribution in [-0.2, 0) is 0 Å². The fourth-order valence-electron chi connectivity index (χ4n) is 1.82. The first kappa shape index (κ1) is 18.4. The lowest BCUT2D eigenvalue weighted by molar-refractivity contribution is -0.384. The van der Waals surface area contributed by atoms with Crippen molar-refractivity contribution >= 4 is 41.1 Å². The lowest BCUT2D eigenvalue weighted by Crippen LogP contribution is -2.17. The summed E-state index contributed by atoms with van der Waals surface area (Å²) in [7, 11) is 7.42. The number of nitrogens with one attached hydrogen (secondary N) is 1. The van der Waals surface area contributed by atoms with E-state index in [1.807, 2.05) is 33.1 Å². The molecule has 0 amide bonds. The van der Waals surface area contributed by atoms with E-state index in [9.17, 15) is 10.1 Å². The van der Waals surface area contributed by atoms with Crippen LogP contribution >= 0.6 is 11.6 Å². The highest BCUT2D eigenvalue weighted by Crippen LogP contribution is 2.21. The highest BCUT2D eigenvalue weighted by molar-refractivity contribution is 6.33. The predicted octanol–water partition coefficient (Wildman–Crippen LogP) is 2.62. The van der Waals surface area contributed by atoms with Gasteiger partial charge in [-0.05, 0) is 6.07 Å². The summed E-state index contributed by atoms with van der Waals surface area (Å²) < 4.78 is 0. The van der Waals surface area contributed by atoms with Crippen LogP contribution in [0.4, 0.5) is 23.3 Å². The minimum atomic E-state index is -0.488. The van der Waals surface area contributed by atoms with Crippen molar-refractivity contribution in [2.45, 2.75) is 0 Å². The Balaban J connectivity index is 2.25. The average molecular weight is 364 g/mol. The van der Waals surface area contributed by atoms with E-state index in [1.165, 1.54) is 24.4 Å². The lowest BCUT2D eigenvalue weighted by Gasteiger charge is -2.16. The van der Waals surface area contributed by atoms with Crippen molar-refractivity contribution in [1.29, 1.82) is 0 Å². The van der Waals surface area contributed by atoms with E-state index in [1.54, 1.807) is 11.0 Å². The van der Waals surface area contributed by atoms with Crippen molar-refractivity contribution < 1.29 is 4.92 Å². The molecule has 25 heavy (non-hydrogen) atoms. The third-order valence-electron chi connectivity index (χ3n) is 3.13. The van der Waals surface area contributed by atoms with Crippen LogP contribution < -0.4 is 15.2 Å². The molecule has 0 fully saturated rings. The van der Waals surface area contributed by atoms with Crippen LogP contribution in [0.3, 0.4) is 0 Å². The normalized spacial score (nSPS) is 10.8. The Labute approximate surface area is 150 Å². The summed E-state index contributed by atoms with van der Waals surface area (Å²) >= 11 is 6.04. The van der Waals surface area contributed by atoms with Crippen LogP contribution in [0.1, 0.15) is 5.56 Å². The zero-order valence-corrected chi connectivity index (χ0v) is 15.0. The first-order valence-corrected chi connectivity index (χ1v) is 7.62. The van der Waals surface area contributed by atoms with Crippen LogP contribution in [0, 0.1) is 10.1 Å². The summed E-state index contributed by atoms with van der Waals surface area (Å²) in [6.07, 6.45) is 1.40. The van der Waals surface area contributed by atoms with Crippen LogP contribution in [0.15, 0.2) is 29.4 Å². The number of hydrazone groups is 1. The smallest absolute Gasteiger partial charge is 0.270 e. The third-order valence-corrected chi connectivity index (χ3v) is 3.48. The molecule has 0 aliphatic rings. The summed E-state index contributed by atoms with van der Waals surface area (Å²) in [5.41, 5.74) is 3.17. The molecule has 2 aromatic rings. The number of benzene rings is 1. The average Bonchev–Trinajstić information content (AvgIpc) is 2.56. The molecule has 0 saturated heterocycles. The van der Waals surface area contributed by atoms with Crippen LogP contribution in [-0.4, -0.2) is 49.3 Å². The van der Waals surface area contributed by atoms with Gasteiger partial charge in [0.2, 0.25) is 5.95 Å². The Bertz CT molecular complexity index is 782. The Hall–Kier alpha value is -2.94. The van der Waals surface area contributed by atoms with Gasteiger partial charge in [-0.15, -0.1) is 0 Å². The minimum Gasteiger partial charge on any atom is -0.363 e. The molecule has 0 atom stereocenters. The fraction of sp³-hybridized carbons (Fsp3) is 0.267. The maximum absolute atomic E-state index is 10.8. The molecule has 132 valence electrons. The number of aromatic nitrogens is 2. The molecule has 2 rings (SSSR count). The van der Waals surface area contributed by atoms with Gasteiger partial charge in [0.1, 0.15) is 5.82 Å². The number of anilines is 3. The molecule has 0 radical (unpaired) electrons. The molecule has 1 aromatic heterocycles. The number of non-ortho nitro benzene ring substituents is 1. The Morgan fingerprint density at radius 1 is 1.20 bits per heavy atom. The van der Waals surface area contributed by atoms with Gasteiger partial charge in [-0.2, -0.15) is 15.1 Å². The van der Waals surface area contributed by atoms with Crippen LogP contribution in [0.2, 0.25) is 5.02 Å². The number of halogens is 1. The number of hydrogen-bond acceptors (Lipinski definition) is 8. The van der Waals surface area contributed by atoms with E-state index >= 15 is 0 Å². The largest absolute Gasteiger partial charge is 0.363 e. The first-order chi connectivity index (χ1) is 11.8. The maximum atomic E-state index is 10.8. The molecule has 0 aliphatic heterocycles. The quantitative estimate of drug-likeness (QED) is 0.478. The summed E-state index contributed by atoms with van der Waals surface area (Å²) in [5.74, 6) is 1.72. The maximum Gasteiger partial charge on any atom is 0.270 e. The van der Waals surface area contributed by atoms with Gasteiger partial charge in [-0.3, -0.25) is 15.5 Å². The molecule has 9 nitrogen and oxygen atoms in total. The molecule has 0 spiro atoms. The van der Waals surface area contributed by atoms with E-state index in [0.717, 1.165) is 0 Å². The van der Waals surface area contributed by atoms with Gasteiger partial charge in [0.05, 0.1) is 11.1 Å². The van der Waals surface area contributed by atoms with E-state index in [2.05, 4.69) is 20.5 Å². The molecule has 1 N–H and O–H groups in total. The zero-order chi connectivity index (χ0) is 18.6. The highest BCUT2D eigenvalue weighted by atomic mass is 35.5. The monoisotopic (exact) mass is 363 g/mol. The number of nitrogens with zero attached hydrogens (tertiary/aromatic N) is 6. The van der Waals surface area contributed by atoms with Gasteiger partial charge in [-0.1, -0.05) is 11.6 Å². The van der Waals surface area contributed by atoms with E-state index < -0.39 is 4.92 Å². The van der Waals surface area contributed by atoms with Gasteiger partial charge >= 0.3 is 0 Å². The van der Waals surface area contributed by atoms with Gasteiger partial charge in [0, 0.05) is 57.0 Å². The fourth-order valence-corrected chi connectivity index (χ4v) is 1.99. The Morgan fingerprint density at radius 3 is 2.52 bits per heavy atom. The predicted molar refractivity (Wildman–Crippen MR) is 100 cm³/mol. The van der Waals surface area contributed by atoms with Crippen molar-refractivity contribution in [2.24, 2.45) is 5.10 Å². The zero-order valence-electron chi connectivity index (χ0n) is 14.3. The van der Waals surface area contributed by atoms with Gasteiger partial charge < -0.3 is 9.80 Å². The van der Waals surface area contributed by atoms with Crippen molar-refractivity contribution in [2.75, 3.05) is 43.4 Å². The molecular weight excluding hydrogens is 346 g/mol. The minimum absolute atomic E-state index is 0.0577. The molecule has 1 heterocycles. The van der Waals surface area contributed by atoms with Gasteiger partial charge in [0.15, 0.2) is 5.82 Å². The molecule has 0 bridgehead atoms. The lowest BCUT2D eigenvalue weighted by atomic mass is 10.2. The number of hydrogen-bond donors (Lipinski definition) is 1. The molecule has 0 aliphatic carbocycles. The summed E-state index contributed by atoms with van der Waals surface area (Å²) in [5, 5.41) is 15.3. The first-order valence-electron chi connectivity index (χ1n) is 7.24. The van der Waals surface area contributed by atoms with Gasteiger partial charge in [-0.25, -0.2) is 0 Å². The molecule has 1 aromatic carbocycles. The van der Waals surface area contributed by atoms with Crippen molar-refractivity contribution in [1.82, 2.24) is 9.97 Å². The summed E-state index contributed by atoms with van der Waals surface area (Å²) in [6.45, 7) is 0. The van der Waals surface area contributed by atoms with E-state index in [0.29, 0.717) is 28.2 Å². The number of nitro benzene ring substituents is 1. The second-order valence-corrected chi connectivity index (χ2v) is 5.94. The SMILES string of the molecule is CN(C)c1cc(NN=Cc2cc([N+](=O)[O-])ccc2Cl)nc(N(C)C)n1. The Kier molecular flexibility index (Phi) is 5.71. The second-order valence-electron chi connectivity index (χ2n) is 5.53. The number of rotatable bonds is 6. The van der Waals surface area contributed by atoms with Crippen LogP contribution in [0.25, 0.3) is 0 Å². The van der Waals surface area contributed by atoms with Crippen molar-refractivity contribution in [3.63, 3.8) is 0 Å². The standard InChI is InChI=1S/C15H18ClN7O2/c1-21(2)14-8-13(18-15(19-14)22(3)4)20-17-9-10-7-11(23(24)25)5-6-12(10)16/h5-9H,1-4H3,(H,18,19,20). The van der Waals surface area contributed by atoms with Crippen LogP contribution in [0.5, 0.6) is 0 Å². The summed E-state index contributed by atoms with van der Waals surface area (Å²) in [4.78, 5) is 22.7. The van der Waals surface area contributed by atoms with Crippen molar-refractivity contribution in [3.05, 3.63) is 45.0 Å². The third kappa shape index (κ3) is 4.77. The van der Waals surface area contributed by atoms with E-state index in [-0.39, 0.29) is 5.69 Å². The van der Waals surface area contributed by atoms with Gasteiger partial charge in [0.25, 0.3) is 5.69 Å². The highest BCUT2D eigenvalue weighted by Gasteiger charge is 2.09. The molecule has 0 unspecified atom stereocenters. The van der Waals surface area contributed by atoms with Crippen molar-refractivity contribution in [3.8, 4) is 0 Å². The molecular formula is C15H18ClN7O2. The molecule has 10 heteroatoms. The Morgan fingerprint density at radius 2 is 1.92 bits per heavy atom. The number of nitro groups is 1. The molecule has 0 saturated carbocycles. The van der Waals surface area contributed by atoms with E-state index in [4.69, 9.17) is 11.6 Å².